The summed E-state index contributed by atoms with van der Waals surface area (Å²) in [6.45, 7) is 3.66. The van der Waals surface area contributed by atoms with E-state index in [-0.39, 0.29) is 17.0 Å². The van der Waals surface area contributed by atoms with Gasteiger partial charge in [0.2, 0.25) is 10.0 Å². The Kier molecular flexibility index (Phi) is 9.76. The lowest BCUT2D eigenvalue weighted by atomic mass is 10.1. The number of nitrogens with one attached hydrogen (secondary N) is 2. The Bertz CT molecular complexity index is 1010. The lowest BCUT2D eigenvalue weighted by molar-refractivity contribution is 0.0696. The summed E-state index contributed by atoms with van der Waals surface area (Å²) in [6, 6.07) is 9.35. The van der Waals surface area contributed by atoms with Crippen LogP contribution in [0.15, 0.2) is 41.3 Å². The van der Waals surface area contributed by atoms with Gasteiger partial charge in [-0.1, -0.05) is 6.07 Å². The molecule has 0 atom stereocenters. The van der Waals surface area contributed by atoms with Crippen LogP contribution in [0, 0.1) is 0 Å². The molecule has 176 valence electrons. The van der Waals surface area contributed by atoms with Crippen molar-refractivity contribution in [1.29, 1.82) is 0 Å². The summed E-state index contributed by atoms with van der Waals surface area (Å²) < 4.78 is 44.2. The summed E-state index contributed by atoms with van der Waals surface area (Å²) in [5.41, 5.74) is 1.09. The first kappa shape index (κ1) is 25.4. The van der Waals surface area contributed by atoms with Crippen molar-refractivity contribution >= 4 is 21.7 Å². The molecule has 2 rings (SSSR count). The molecule has 0 bridgehead atoms. The summed E-state index contributed by atoms with van der Waals surface area (Å²) in [5.74, 6) is -0.0578. The van der Waals surface area contributed by atoms with E-state index in [4.69, 9.17) is 14.2 Å². The predicted molar refractivity (Wildman–Crippen MR) is 121 cm³/mol. The van der Waals surface area contributed by atoms with E-state index in [1.165, 1.54) is 19.2 Å². The number of ether oxygens (including phenoxy) is 3. The quantitative estimate of drug-likeness (QED) is 0.363. The molecule has 0 radical (unpaired) electrons. The smallest absolute Gasteiger partial charge is 0.335 e. The van der Waals surface area contributed by atoms with Crippen LogP contribution in [-0.4, -0.2) is 60.0 Å². The molecule has 0 aliphatic carbocycles. The van der Waals surface area contributed by atoms with Crippen molar-refractivity contribution in [3.05, 3.63) is 47.5 Å². The molecule has 0 amide bonds. The molecule has 3 N–H and O–H groups in total. The summed E-state index contributed by atoms with van der Waals surface area (Å²) in [7, 11) is -0.885. The standard InChI is InChI=1S/C22H30N2O7S/c1-4-31-13-5-11-23-18-8-7-17(22(25)26)15-21(18)32(27,28)24-12-10-16-6-9-19(29-2)20(14-16)30-3/h6-9,14-15,23-24H,4-5,10-13H2,1-3H3,(H,25,26). The van der Waals surface area contributed by atoms with Crippen molar-refractivity contribution in [3.63, 3.8) is 0 Å². The highest BCUT2D eigenvalue weighted by molar-refractivity contribution is 7.89. The highest BCUT2D eigenvalue weighted by Crippen LogP contribution is 2.28. The van der Waals surface area contributed by atoms with Crippen LogP contribution in [0.2, 0.25) is 0 Å². The minimum absolute atomic E-state index is 0.106. The van der Waals surface area contributed by atoms with Gasteiger partial charge in [0.1, 0.15) is 4.90 Å². The first-order valence-electron chi connectivity index (χ1n) is 10.2. The van der Waals surface area contributed by atoms with Crippen LogP contribution in [0.1, 0.15) is 29.3 Å². The van der Waals surface area contributed by atoms with Gasteiger partial charge in [-0.25, -0.2) is 17.9 Å². The van der Waals surface area contributed by atoms with E-state index in [0.717, 1.165) is 11.6 Å². The SMILES string of the molecule is CCOCCCNc1ccc(C(=O)O)cc1S(=O)(=O)NCCc1ccc(OC)c(OC)c1. The number of hydrogen-bond acceptors (Lipinski definition) is 7. The number of anilines is 1. The number of methoxy groups -OCH3 is 2. The van der Waals surface area contributed by atoms with Crippen molar-refractivity contribution in [2.75, 3.05) is 45.8 Å². The first-order chi connectivity index (χ1) is 15.3. The van der Waals surface area contributed by atoms with E-state index in [9.17, 15) is 18.3 Å². The first-order valence-corrected chi connectivity index (χ1v) is 11.7. The molecule has 0 saturated carbocycles. The van der Waals surface area contributed by atoms with E-state index >= 15 is 0 Å². The molecule has 0 unspecified atom stereocenters. The second-order valence-corrected chi connectivity index (χ2v) is 8.57. The number of benzene rings is 2. The maximum absolute atomic E-state index is 13.0. The average Bonchev–Trinajstić information content (AvgIpc) is 2.78. The maximum Gasteiger partial charge on any atom is 0.335 e. The second kappa shape index (κ2) is 12.3. The Morgan fingerprint density at radius 2 is 1.78 bits per heavy atom. The van der Waals surface area contributed by atoms with Crippen molar-refractivity contribution in [1.82, 2.24) is 4.72 Å². The molecule has 0 aliphatic heterocycles. The number of sulfonamides is 1. The molecule has 32 heavy (non-hydrogen) atoms. The van der Waals surface area contributed by atoms with Crippen LogP contribution >= 0.6 is 0 Å². The van der Waals surface area contributed by atoms with E-state index < -0.39 is 16.0 Å². The molecule has 2 aromatic rings. The summed E-state index contributed by atoms with van der Waals surface area (Å²) in [6.07, 6.45) is 1.09. The molecule has 9 nitrogen and oxygen atoms in total. The van der Waals surface area contributed by atoms with Gasteiger partial charge in [0.15, 0.2) is 11.5 Å². The van der Waals surface area contributed by atoms with Crippen LogP contribution < -0.4 is 19.5 Å². The molecule has 0 aliphatic rings. The van der Waals surface area contributed by atoms with Gasteiger partial charge in [-0.05, 0) is 55.7 Å². The Hall–Kier alpha value is -2.82. The van der Waals surface area contributed by atoms with Gasteiger partial charge in [0, 0.05) is 26.3 Å². The Morgan fingerprint density at radius 1 is 1.03 bits per heavy atom. The number of carboxylic acid groups (broad SMARTS) is 1. The number of aromatic carboxylic acids is 1. The van der Waals surface area contributed by atoms with Gasteiger partial charge < -0.3 is 24.6 Å². The number of carbonyl (C=O) groups is 1. The second-order valence-electron chi connectivity index (χ2n) is 6.83. The molecule has 0 heterocycles. The summed E-state index contributed by atoms with van der Waals surface area (Å²) >= 11 is 0. The van der Waals surface area contributed by atoms with E-state index in [1.54, 1.807) is 19.2 Å². The molecular formula is C22H30N2O7S. The largest absolute Gasteiger partial charge is 0.493 e. The Balaban J connectivity index is 2.13. The zero-order chi connectivity index (χ0) is 23.6. The van der Waals surface area contributed by atoms with Crippen LogP contribution in [0.3, 0.4) is 0 Å². The van der Waals surface area contributed by atoms with Crippen molar-refractivity contribution in [3.8, 4) is 11.5 Å². The number of hydrogen-bond donors (Lipinski definition) is 3. The van der Waals surface area contributed by atoms with Crippen LogP contribution in [0.25, 0.3) is 0 Å². The minimum Gasteiger partial charge on any atom is -0.493 e. The average molecular weight is 467 g/mol. The summed E-state index contributed by atoms with van der Waals surface area (Å²) in [5, 5.41) is 12.3. The van der Waals surface area contributed by atoms with Gasteiger partial charge in [-0.15, -0.1) is 0 Å². The number of carboxylic acids is 1. The van der Waals surface area contributed by atoms with Gasteiger partial charge in [0.25, 0.3) is 0 Å². The molecule has 2 aromatic carbocycles. The highest BCUT2D eigenvalue weighted by atomic mass is 32.2. The topological polar surface area (TPSA) is 123 Å². The van der Waals surface area contributed by atoms with Crippen molar-refractivity contribution in [2.24, 2.45) is 0 Å². The molecular weight excluding hydrogens is 436 g/mol. The fourth-order valence-corrected chi connectivity index (χ4v) is 4.25. The van der Waals surface area contributed by atoms with E-state index in [0.29, 0.717) is 49.8 Å². The van der Waals surface area contributed by atoms with Gasteiger partial charge in [-0.3, -0.25) is 0 Å². The van der Waals surface area contributed by atoms with Crippen molar-refractivity contribution in [2.45, 2.75) is 24.7 Å². The molecule has 0 saturated heterocycles. The third-order valence-electron chi connectivity index (χ3n) is 4.66. The predicted octanol–water partition coefficient (Wildman–Crippen LogP) is 2.76. The lowest BCUT2D eigenvalue weighted by Gasteiger charge is -2.15. The normalized spacial score (nSPS) is 11.2. The molecule has 0 spiro atoms. The van der Waals surface area contributed by atoms with E-state index in [1.807, 2.05) is 13.0 Å². The van der Waals surface area contributed by atoms with Crippen molar-refractivity contribution < 1.29 is 32.5 Å². The Labute approximate surface area is 188 Å². The zero-order valence-corrected chi connectivity index (χ0v) is 19.3. The number of rotatable bonds is 14. The third-order valence-corrected chi connectivity index (χ3v) is 6.16. The molecule has 10 heteroatoms. The molecule has 0 aromatic heterocycles. The van der Waals surface area contributed by atoms with E-state index in [2.05, 4.69) is 10.0 Å². The fourth-order valence-electron chi connectivity index (χ4n) is 3.01. The summed E-state index contributed by atoms with van der Waals surface area (Å²) in [4.78, 5) is 11.3. The van der Waals surface area contributed by atoms with Gasteiger partial charge in [-0.2, -0.15) is 0 Å². The highest BCUT2D eigenvalue weighted by Gasteiger charge is 2.20. The third kappa shape index (κ3) is 7.11. The fraction of sp³-hybridized carbons (Fsp3) is 0.409. The van der Waals surface area contributed by atoms with Crippen LogP contribution in [0.4, 0.5) is 5.69 Å². The van der Waals surface area contributed by atoms with Crippen LogP contribution in [-0.2, 0) is 21.2 Å². The lowest BCUT2D eigenvalue weighted by Crippen LogP contribution is -2.27. The maximum atomic E-state index is 13.0. The van der Waals surface area contributed by atoms with Gasteiger partial charge >= 0.3 is 5.97 Å². The Morgan fingerprint density at radius 3 is 2.44 bits per heavy atom. The van der Waals surface area contributed by atoms with Gasteiger partial charge in [0.05, 0.1) is 25.5 Å². The minimum atomic E-state index is -3.96. The zero-order valence-electron chi connectivity index (χ0n) is 18.5. The van der Waals surface area contributed by atoms with Crippen LogP contribution in [0.5, 0.6) is 11.5 Å². The monoisotopic (exact) mass is 466 g/mol. The molecule has 0 fully saturated rings.